The van der Waals surface area contributed by atoms with Crippen molar-refractivity contribution >= 4 is 17.6 Å². The first-order valence-electron chi connectivity index (χ1n) is 4.76. The summed E-state index contributed by atoms with van der Waals surface area (Å²) < 4.78 is 0. The van der Waals surface area contributed by atoms with Gasteiger partial charge in [-0.05, 0) is 18.6 Å². The summed E-state index contributed by atoms with van der Waals surface area (Å²) in [4.78, 5) is 0. The number of hydrogen-bond acceptors (Lipinski definition) is 3. The SMILES string of the molecule is Nc1cc(CC2CCCCS2)[nH]n1. The molecule has 2 rings (SSSR count). The molecule has 3 nitrogen and oxygen atoms in total. The highest BCUT2D eigenvalue weighted by molar-refractivity contribution is 7.99. The molecule has 1 atom stereocenters. The summed E-state index contributed by atoms with van der Waals surface area (Å²) in [6.45, 7) is 0. The molecule has 1 aromatic heterocycles. The van der Waals surface area contributed by atoms with Crippen LogP contribution in [0.15, 0.2) is 6.07 Å². The number of H-pyrrole nitrogens is 1. The molecule has 1 aromatic rings. The number of hydrogen-bond donors (Lipinski definition) is 2. The number of nitrogens with one attached hydrogen (secondary N) is 1. The molecule has 0 bridgehead atoms. The van der Waals surface area contributed by atoms with Crippen molar-refractivity contribution in [3.63, 3.8) is 0 Å². The van der Waals surface area contributed by atoms with E-state index in [-0.39, 0.29) is 0 Å². The zero-order valence-corrected chi connectivity index (χ0v) is 8.44. The number of aromatic nitrogens is 2. The van der Waals surface area contributed by atoms with Crippen LogP contribution in [0.4, 0.5) is 5.82 Å². The van der Waals surface area contributed by atoms with E-state index in [1.807, 2.05) is 6.07 Å². The third kappa shape index (κ3) is 2.40. The first kappa shape index (κ1) is 8.94. The van der Waals surface area contributed by atoms with Gasteiger partial charge >= 0.3 is 0 Å². The van der Waals surface area contributed by atoms with Crippen LogP contribution in [0.25, 0.3) is 0 Å². The standard InChI is InChI=1S/C9H15N3S/c10-9-6-7(11-12-9)5-8-3-1-2-4-13-8/h6,8H,1-5H2,(H3,10,11,12). The molecule has 1 saturated heterocycles. The molecule has 4 heteroatoms. The second-order valence-electron chi connectivity index (χ2n) is 3.51. The average Bonchev–Trinajstić information content (AvgIpc) is 2.53. The summed E-state index contributed by atoms with van der Waals surface area (Å²) in [5.74, 6) is 1.92. The van der Waals surface area contributed by atoms with Crippen LogP contribution in [0, 0.1) is 0 Å². The highest BCUT2D eigenvalue weighted by atomic mass is 32.2. The molecule has 0 aliphatic carbocycles. The summed E-state index contributed by atoms with van der Waals surface area (Å²) >= 11 is 2.08. The van der Waals surface area contributed by atoms with Gasteiger partial charge in [0.05, 0.1) is 0 Å². The topological polar surface area (TPSA) is 54.7 Å². The van der Waals surface area contributed by atoms with Crippen LogP contribution >= 0.6 is 11.8 Å². The van der Waals surface area contributed by atoms with Gasteiger partial charge < -0.3 is 5.73 Å². The maximum atomic E-state index is 5.53. The Morgan fingerprint density at radius 1 is 1.62 bits per heavy atom. The lowest BCUT2D eigenvalue weighted by Crippen LogP contribution is -2.12. The van der Waals surface area contributed by atoms with Crippen molar-refractivity contribution in [2.45, 2.75) is 30.9 Å². The van der Waals surface area contributed by atoms with E-state index in [2.05, 4.69) is 22.0 Å². The quantitative estimate of drug-likeness (QED) is 0.760. The molecule has 0 spiro atoms. The van der Waals surface area contributed by atoms with Crippen molar-refractivity contribution in [1.82, 2.24) is 10.2 Å². The third-order valence-electron chi connectivity index (χ3n) is 2.37. The lowest BCUT2D eigenvalue weighted by atomic mass is 10.1. The minimum absolute atomic E-state index is 0.607. The van der Waals surface area contributed by atoms with Gasteiger partial charge in [-0.2, -0.15) is 16.9 Å². The number of nitrogen functional groups attached to an aromatic ring is 1. The van der Waals surface area contributed by atoms with Crippen molar-refractivity contribution in [3.8, 4) is 0 Å². The highest BCUT2D eigenvalue weighted by Gasteiger charge is 2.15. The molecule has 0 amide bonds. The summed E-state index contributed by atoms with van der Waals surface area (Å²) in [6.07, 6.45) is 5.19. The maximum absolute atomic E-state index is 5.53. The largest absolute Gasteiger partial charge is 0.382 e. The lowest BCUT2D eigenvalue weighted by molar-refractivity contribution is 0.654. The van der Waals surface area contributed by atoms with E-state index in [0.717, 1.165) is 11.7 Å². The minimum atomic E-state index is 0.607. The predicted octanol–water partition coefficient (Wildman–Crippen LogP) is 1.82. The molecule has 2 heterocycles. The molecule has 0 aromatic carbocycles. The van der Waals surface area contributed by atoms with Crippen LogP contribution < -0.4 is 5.73 Å². The van der Waals surface area contributed by atoms with Crippen molar-refractivity contribution in [2.24, 2.45) is 0 Å². The molecule has 0 saturated carbocycles. The van der Waals surface area contributed by atoms with Gasteiger partial charge in [0, 0.05) is 23.4 Å². The van der Waals surface area contributed by atoms with Crippen molar-refractivity contribution in [2.75, 3.05) is 11.5 Å². The number of aromatic amines is 1. The van der Waals surface area contributed by atoms with E-state index in [1.54, 1.807) is 0 Å². The number of thioether (sulfide) groups is 1. The van der Waals surface area contributed by atoms with Gasteiger partial charge in [0.1, 0.15) is 5.82 Å². The Kier molecular flexibility index (Phi) is 2.78. The van der Waals surface area contributed by atoms with Crippen LogP contribution in [0.3, 0.4) is 0 Å². The summed E-state index contributed by atoms with van der Waals surface area (Å²) in [6, 6.07) is 1.94. The van der Waals surface area contributed by atoms with Crippen LogP contribution in [-0.2, 0) is 6.42 Å². The summed E-state index contributed by atoms with van der Waals surface area (Å²) in [5.41, 5.74) is 6.71. The van der Waals surface area contributed by atoms with Crippen LogP contribution in [0.5, 0.6) is 0 Å². The Morgan fingerprint density at radius 2 is 2.54 bits per heavy atom. The normalized spacial score (nSPS) is 23.2. The fourth-order valence-electron chi connectivity index (χ4n) is 1.70. The smallest absolute Gasteiger partial charge is 0.145 e. The first-order valence-corrected chi connectivity index (χ1v) is 5.81. The van der Waals surface area contributed by atoms with E-state index in [9.17, 15) is 0 Å². The van der Waals surface area contributed by atoms with Crippen LogP contribution in [0.2, 0.25) is 0 Å². The van der Waals surface area contributed by atoms with Gasteiger partial charge in [-0.1, -0.05) is 6.42 Å². The monoisotopic (exact) mass is 197 g/mol. The highest BCUT2D eigenvalue weighted by Crippen LogP contribution is 2.27. The number of rotatable bonds is 2. The van der Waals surface area contributed by atoms with Gasteiger partial charge in [0.15, 0.2) is 0 Å². The van der Waals surface area contributed by atoms with E-state index in [1.165, 1.54) is 30.7 Å². The number of anilines is 1. The van der Waals surface area contributed by atoms with E-state index >= 15 is 0 Å². The molecular weight excluding hydrogens is 182 g/mol. The first-order chi connectivity index (χ1) is 6.34. The van der Waals surface area contributed by atoms with Gasteiger partial charge in [-0.3, -0.25) is 5.10 Å². The molecule has 1 aliphatic rings. The third-order valence-corrected chi connectivity index (χ3v) is 3.77. The lowest BCUT2D eigenvalue weighted by Gasteiger charge is -2.20. The molecular formula is C9H15N3S. The Hall–Kier alpha value is -0.640. The summed E-state index contributed by atoms with van der Waals surface area (Å²) in [7, 11) is 0. The Morgan fingerprint density at radius 3 is 3.15 bits per heavy atom. The maximum Gasteiger partial charge on any atom is 0.145 e. The van der Waals surface area contributed by atoms with Gasteiger partial charge in [-0.15, -0.1) is 0 Å². The zero-order chi connectivity index (χ0) is 9.10. The second-order valence-corrected chi connectivity index (χ2v) is 4.92. The van der Waals surface area contributed by atoms with Crippen molar-refractivity contribution in [3.05, 3.63) is 11.8 Å². The molecule has 13 heavy (non-hydrogen) atoms. The Labute approximate surface area is 82.5 Å². The minimum Gasteiger partial charge on any atom is -0.382 e. The van der Waals surface area contributed by atoms with E-state index in [0.29, 0.717) is 5.82 Å². The van der Waals surface area contributed by atoms with E-state index in [4.69, 9.17) is 5.73 Å². The van der Waals surface area contributed by atoms with Crippen LogP contribution in [0.1, 0.15) is 25.0 Å². The fourth-order valence-corrected chi connectivity index (χ4v) is 3.03. The summed E-state index contributed by atoms with van der Waals surface area (Å²) in [5, 5.41) is 7.66. The van der Waals surface area contributed by atoms with Gasteiger partial charge in [-0.25, -0.2) is 0 Å². The average molecular weight is 197 g/mol. The number of nitrogens with two attached hydrogens (primary N) is 1. The molecule has 3 N–H and O–H groups in total. The Balaban J connectivity index is 1.89. The molecule has 1 unspecified atom stereocenters. The molecule has 0 radical (unpaired) electrons. The second kappa shape index (κ2) is 4.05. The van der Waals surface area contributed by atoms with E-state index < -0.39 is 0 Å². The zero-order valence-electron chi connectivity index (χ0n) is 7.62. The van der Waals surface area contributed by atoms with Gasteiger partial charge in [0.2, 0.25) is 0 Å². The Bertz CT molecular complexity index is 266. The fraction of sp³-hybridized carbons (Fsp3) is 0.667. The molecule has 72 valence electrons. The van der Waals surface area contributed by atoms with Crippen molar-refractivity contribution < 1.29 is 0 Å². The number of nitrogens with zero attached hydrogens (tertiary/aromatic N) is 1. The van der Waals surface area contributed by atoms with Crippen molar-refractivity contribution in [1.29, 1.82) is 0 Å². The van der Waals surface area contributed by atoms with Crippen LogP contribution in [-0.4, -0.2) is 21.2 Å². The predicted molar refractivity (Wildman–Crippen MR) is 56.8 cm³/mol. The van der Waals surface area contributed by atoms with Gasteiger partial charge in [0.25, 0.3) is 0 Å². The molecule has 1 aliphatic heterocycles. The molecule has 1 fully saturated rings.